The first-order valence-electron chi connectivity index (χ1n) is 7.18. The number of aliphatic carboxylic acids is 1. The number of carbonyl (C=O) groups excluding carboxylic acids is 1. The monoisotopic (exact) mass is 300 g/mol. The van der Waals surface area contributed by atoms with Crippen molar-refractivity contribution in [2.24, 2.45) is 11.8 Å². The Morgan fingerprint density at radius 3 is 2.57 bits per heavy atom. The molecule has 2 N–H and O–H groups in total. The lowest BCUT2D eigenvalue weighted by atomic mass is 9.73. The van der Waals surface area contributed by atoms with E-state index in [-0.39, 0.29) is 36.9 Å². The minimum Gasteiger partial charge on any atom is -0.481 e. The first-order chi connectivity index (χ1) is 9.77. The molecule has 3 rings (SSSR count). The molecule has 5 nitrogen and oxygen atoms in total. The van der Waals surface area contributed by atoms with Gasteiger partial charge >= 0.3 is 12.0 Å². The van der Waals surface area contributed by atoms with E-state index >= 15 is 0 Å². The Morgan fingerprint density at radius 1 is 1.43 bits per heavy atom. The van der Waals surface area contributed by atoms with E-state index in [0.717, 1.165) is 5.57 Å². The second-order valence-electron chi connectivity index (χ2n) is 6.33. The summed E-state index contributed by atoms with van der Waals surface area (Å²) >= 11 is 0. The molecule has 2 fully saturated rings. The Balaban J connectivity index is 1.70. The number of carboxylic acids is 1. The highest BCUT2D eigenvalue weighted by Crippen LogP contribution is 2.47. The van der Waals surface area contributed by atoms with Gasteiger partial charge in [-0.2, -0.15) is 0 Å². The Morgan fingerprint density at radius 2 is 2.05 bits per heavy atom. The van der Waals surface area contributed by atoms with Crippen molar-refractivity contribution in [1.29, 1.82) is 0 Å². The Bertz CT molecular complexity index is 506. The molecule has 0 aromatic carbocycles. The van der Waals surface area contributed by atoms with Crippen LogP contribution in [0.1, 0.15) is 32.6 Å². The molecule has 0 aromatic heterocycles. The summed E-state index contributed by atoms with van der Waals surface area (Å²) in [6.45, 7) is 1.79. The predicted molar refractivity (Wildman–Crippen MR) is 69.7 cm³/mol. The third-order valence-electron chi connectivity index (χ3n) is 4.78. The molecule has 2 amide bonds. The van der Waals surface area contributed by atoms with Crippen molar-refractivity contribution >= 4 is 12.0 Å². The number of amides is 2. The van der Waals surface area contributed by atoms with Crippen LogP contribution in [0.5, 0.6) is 0 Å². The number of hydrogen-bond acceptors (Lipinski definition) is 2. The Hall–Kier alpha value is -1.66. The minimum atomic E-state index is -2.59. The normalized spacial score (nSPS) is 35.4. The maximum Gasteiger partial charge on any atom is 0.322 e. The van der Waals surface area contributed by atoms with Crippen LogP contribution in [-0.4, -0.2) is 40.0 Å². The summed E-state index contributed by atoms with van der Waals surface area (Å²) in [5.74, 6) is -4.05. The van der Waals surface area contributed by atoms with Crippen molar-refractivity contribution in [3.63, 3.8) is 0 Å². The second-order valence-corrected chi connectivity index (χ2v) is 6.33. The van der Waals surface area contributed by atoms with Crippen molar-refractivity contribution < 1.29 is 23.5 Å². The highest BCUT2D eigenvalue weighted by atomic mass is 19.3. The summed E-state index contributed by atoms with van der Waals surface area (Å²) in [5, 5.41) is 11.7. The quantitative estimate of drug-likeness (QED) is 0.839. The predicted octanol–water partition coefficient (Wildman–Crippen LogP) is 2.19. The number of carbonyl (C=O) groups is 2. The topological polar surface area (TPSA) is 69.6 Å². The van der Waals surface area contributed by atoms with Gasteiger partial charge in [0.2, 0.25) is 5.92 Å². The van der Waals surface area contributed by atoms with Gasteiger partial charge in [-0.05, 0) is 31.3 Å². The highest BCUT2D eigenvalue weighted by Gasteiger charge is 2.49. The summed E-state index contributed by atoms with van der Waals surface area (Å²) in [6.07, 6.45) is 2.17. The van der Waals surface area contributed by atoms with Gasteiger partial charge in [-0.25, -0.2) is 13.6 Å². The first-order valence-corrected chi connectivity index (χ1v) is 7.18. The largest absolute Gasteiger partial charge is 0.481 e. The van der Waals surface area contributed by atoms with Crippen LogP contribution in [0.3, 0.4) is 0 Å². The SMILES string of the molecule is C[C@H]1NC(=O)N(C2CC(C(=O)O)C2)C=C1C1CC(F)(F)C1. The average Bonchev–Trinajstić information content (AvgIpc) is 2.26. The molecular formula is C14H18F2N2O3. The molecule has 3 aliphatic rings. The number of rotatable bonds is 3. The molecule has 2 aliphatic carbocycles. The lowest BCUT2D eigenvalue weighted by molar-refractivity contribution is -0.146. The summed E-state index contributed by atoms with van der Waals surface area (Å²) < 4.78 is 26.1. The zero-order valence-electron chi connectivity index (χ0n) is 11.7. The van der Waals surface area contributed by atoms with Crippen molar-refractivity contribution in [1.82, 2.24) is 10.2 Å². The summed E-state index contributed by atoms with van der Waals surface area (Å²) in [5.41, 5.74) is 0.819. The molecule has 1 heterocycles. The lowest BCUT2D eigenvalue weighted by Crippen LogP contribution is -2.56. The molecule has 116 valence electrons. The van der Waals surface area contributed by atoms with Gasteiger partial charge in [0.05, 0.1) is 12.0 Å². The van der Waals surface area contributed by atoms with Crippen LogP contribution in [-0.2, 0) is 4.79 Å². The molecule has 0 spiro atoms. The van der Waals surface area contributed by atoms with E-state index in [0.29, 0.717) is 12.8 Å². The molecule has 21 heavy (non-hydrogen) atoms. The van der Waals surface area contributed by atoms with E-state index in [9.17, 15) is 18.4 Å². The number of nitrogens with zero attached hydrogens (tertiary/aromatic N) is 1. The molecular weight excluding hydrogens is 282 g/mol. The van der Waals surface area contributed by atoms with E-state index in [1.54, 1.807) is 13.1 Å². The van der Waals surface area contributed by atoms with Crippen LogP contribution in [0.25, 0.3) is 0 Å². The van der Waals surface area contributed by atoms with Crippen LogP contribution in [0, 0.1) is 11.8 Å². The molecule has 0 aromatic rings. The third kappa shape index (κ3) is 2.49. The van der Waals surface area contributed by atoms with Gasteiger partial charge in [-0.1, -0.05) is 0 Å². The Kier molecular flexibility index (Phi) is 3.18. The second kappa shape index (κ2) is 4.68. The number of halogens is 2. The van der Waals surface area contributed by atoms with Gasteiger partial charge in [0, 0.05) is 25.1 Å². The zero-order chi connectivity index (χ0) is 15.4. The average molecular weight is 300 g/mol. The van der Waals surface area contributed by atoms with Crippen LogP contribution < -0.4 is 5.32 Å². The maximum atomic E-state index is 13.0. The van der Waals surface area contributed by atoms with Crippen molar-refractivity contribution in [3.8, 4) is 0 Å². The number of hydrogen-bond donors (Lipinski definition) is 2. The molecule has 2 saturated carbocycles. The van der Waals surface area contributed by atoms with E-state index in [2.05, 4.69) is 5.32 Å². The van der Waals surface area contributed by atoms with Gasteiger partial charge in [0.25, 0.3) is 0 Å². The zero-order valence-corrected chi connectivity index (χ0v) is 11.7. The van der Waals surface area contributed by atoms with Crippen LogP contribution >= 0.6 is 0 Å². The number of alkyl halides is 2. The maximum absolute atomic E-state index is 13.0. The molecule has 0 bridgehead atoms. The van der Waals surface area contributed by atoms with Gasteiger partial charge in [0.15, 0.2) is 0 Å². The van der Waals surface area contributed by atoms with E-state index < -0.39 is 17.8 Å². The fourth-order valence-corrected chi connectivity index (χ4v) is 3.32. The van der Waals surface area contributed by atoms with Gasteiger partial charge in [0.1, 0.15) is 0 Å². The fourth-order valence-electron chi connectivity index (χ4n) is 3.32. The minimum absolute atomic E-state index is 0.144. The summed E-state index contributed by atoms with van der Waals surface area (Å²) in [7, 11) is 0. The highest BCUT2D eigenvalue weighted by molar-refractivity contribution is 5.79. The Labute approximate surface area is 121 Å². The van der Waals surface area contributed by atoms with Crippen molar-refractivity contribution in [2.45, 2.75) is 50.6 Å². The molecule has 1 aliphatic heterocycles. The summed E-state index contributed by atoms with van der Waals surface area (Å²) in [6, 6.07) is -0.662. The van der Waals surface area contributed by atoms with Gasteiger partial charge < -0.3 is 10.4 Å². The van der Waals surface area contributed by atoms with Crippen LogP contribution in [0.4, 0.5) is 13.6 Å². The van der Waals surface area contributed by atoms with E-state index in [1.807, 2.05) is 0 Å². The first kappa shape index (κ1) is 14.3. The van der Waals surface area contributed by atoms with E-state index in [4.69, 9.17) is 5.11 Å². The van der Waals surface area contributed by atoms with Gasteiger partial charge in [-0.3, -0.25) is 9.69 Å². The molecule has 1 atom stereocenters. The van der Waals surface area contributed by atoms with Gasteiger partial charge in [-0.15, -0.1) is 0 Å². The number of urea groups is 1. The van der Waals surface area contributed by atoms with Crippen LogP contribution in [0.2, 0.25) is 0 Å². The fraction of sp³-hybridized carbons (Fsp3) is 0.714. The molecule has 0 unspecified atom stereocenters. The molecule has 0 radical (unpaired) electrons. The smallest absolute Gasteiger partial charge is 0.322 e. The third-order valence-corrected chi connectivity index (χ3v) is 4.78. The van der Waals surface area contributed by atoms with Crippen LogP contribution in [0.15, 0.2) is 11.8 Å². The van der Waals surface area contributed by atoms with E-state index in [1.165, 1.54) is 4.90 Å². The number of carboxylic acid groups (broad SMARTS) is 1. The number of nitrogens with one attached hydrogen (secondary N) is 1. The molecule has 0 saturated heterocycles. The van der Waals surface area contributed by atoms with Crippen molar-refractivity contribution in [3.05, 3.63) is 11.8 Å². The van der Waals surface area contributed by atoms with Crippen molar-refractivity contribution in [2.75, 3.05) is 0 Å². The lowest BCUT2D eigenvalue weighted by Gasteiger charge is -2.45. The standard InChI is InChI=1S/C14H18F2N2O3/c1-7-11(9-4-14(15,16)5-9)6-18(13(21)17-7)10-2-8(3-10)12(19)20/h6-10H,2-5H2,1H3,(H,17,21)(H,19,20)/t7-,8?,10?/m1/s1. The molecule has 7 heteroatoms. The summed E-state index contributed by atoms with van der Waals surface area (Å²) in [4.78, 5) is 24.3.